The minimum Gasteiger partial charge on any atom is -0.471 e. The van der Waals surface area contributed by atoms with E-state index in [0.29, 0.717) is 5.57 Å². The number of nitrogens with one attached hydrogen (secondary N) is 2. The van der Waals surface area contributed by atoms with Gasteiger partial charge < -0.3 is 9.72 Å². The minimum atomic E-state index is -0.631. The summed E-state index contributed by atoms with van der Waals surface area (Å²) in [5.41, 5.74) is 4.29. The van der Waals surface area contributed by atoms with E-state index in [1.54, 1.807) is 5.94 Å². The Kier molecular flexibility index (Phi) is 3.30. The molecule has 2 N–H and O–H groups in total. The van der Waals surface area contributed by atoms with Crippen molar-refractivity contribution in [2.24, 2.45) is 0 Å². The molecule has 0 saturated heterocycles. The number of ether oxygens (including phenoxy) is 1. The molecule has 1 aliphatic carbocycles. The first-order valence-corrected chi connectivity index (χ1v) is 7.79. The van der Waals surface area contributed by atoms with E-state index >= 15 is 0 Å². The molecule has 1 aliphatic heterocycles. The van der Waals surface area contributed by atoms with Gasteiger partial charge in [-0.05, 0) is 36.8 Å². The maximum absolute atomic E-state index is 12.5. The van der Waals surface area contributed by atoms with Gasteiger partial charge in [0.2, 0.25) is 5.76 Å². The predicted molar refractivity (Wildman–Crippen MR) is 87.2 cm³/mol. The van der Waals surface area contributed by atoms with Gasteiger partial charge in [0.05, 0.1) is 7.11 Å². The van der Waals surface area contributed by atoms with Gasteiger partial charge in [0, 0.05) is 16.8 Å². The van der Waals surface area contributed by atoms with E-state index < -0.39 is 11.5 Å². The number of hydrogen-bond donors (Lipinski definition) is 2. The van der Waals surface area contributed by atoms with Crippen molar-refractivity contribution in [1.82, 2.24) is 10.5 Å². The van der Waals surface area contributed by atoms with E-state index in [4.69, 9.17) is 9.57 Å². The van der Waals surface area contributed by atoms with Crippen molar-refractivity contribution in [1.29, 1.82) is 0 Å². The number of hydroxylamine groups is 1. The van der Waals surface area contributed by atoms with Gasteiger partial charge in [-0.2, -0.15) is 0 Å². The molecule has 4 rings (SSSR count). The lowest BCUT2D eigenvalue weighted by atomic mass is 9.73. The van der Waals surface area contributed by atoms with Gasteiger partial charge in [-0.1, -0.05) is 18.2 Å². The van der Waals surface area contributed by atoms with Crippen LogP contribution in [0.5, 0.6) is 0 Å². The molecule has 6 heteroatoms. The summed E-state index contributed by atoms with van der Waals surface area (Å²) < 4.78 is 5.86. The highest BCUT2D eigenvalue weighted by atomic mass is 16.6. The average molecular weight is 324 g/mol. The maximum atomic E-state index is 12.5. The molecule has 0 atom stereocenters. The summed E-state index contributed by atoms with van der Waals surface area (Å²) in [5, 5.41) is 1.03. The number of amides is 1. The molecule has 1 aromatic heterocycles. The summed E-state index contributed by atoms with van der Waals surface area (Å²) in [4.78, 5) is 31.9. The van der Waals surface area contributed by atoms with Crippen LogP contribution in [0.3, 0.4) is 0 Å². The van der Waals surface area contributed by atoms with Gasteiger partial charge >= 0.3 is 0 Å². The fourth-order valence-electron chi connectivity index (χ4n) is 3.51. The first-order chi connectivity index (χ1) is 11.7. The highest BCUT2D eigenvalue weighted by molar-refractivity contribution is 6.09. The normalized spacial score (nSPS) is 18.5. The highest BCUT2D eigenvalue weighted by Gasteiger charge is 2.53. The number of carbonyl (C=O) groups is 1. The fourth-order valence-corrected chi connectivity index (χ4v) is 3.51. The van der Waals surface area contributed by atoms with E-state index in [1.807, 2.05) is 30.3 Å². The Hall–Kier alpha value is -2.82. The first kappa shape index (κ1) is 14.8. The third-order valence-electron chi connectivity index (χ3n) is 4.71. The predicted octanol–water partition coefficient (Wildman–Crippen LogP) is 2.27. The van der Waals surface area contributed by atoms with Gasteiger partial charge in [0.15, 0.2) is 5.94 Å². The second kappa shape index (κ2) is 5.37. The fraction of sp³-hybridized carbons (Fsp3) is 0.278. The van der Waals surface area contributed by atoms with Crippen molar-refractivity contribution in [2.75, 3.05) is 7.11 Å². The first-order valence-electron chi connectivity index (χ1n) is 7.79. The quantitative estimate of drug-likeness (QED) is 0.670. The van der Waals surface area contributed by atoms with Gasteiger partial charge in [0.25, 0.3) is 5.91 Å². The zero-order chi connectivity index (χ0) is 16.7. The number of H-pyrrole nitrogens is 1. The Morgan fingerprint density at radius 3 is 2.79 bits per heavy atom. The second-order valence-electron chi connectivity index (χ2n) is 6.04. The van der Waals surface area contributed by atoms with E-state index in [-0.39, 0.29) is 11.3 Å². The molecule has 1 saturated carbocycles. The molecule has 1 spiro atoms. The Morgan fingerprint density at radius 1 is 1.38 bits per heavy atom. The summed E-state index contributed by atoms with van der Waals surface area (Å²) in [7, 11) is 1.35. The van der Waals surface area contributed by atoms with Crippen molar-refractivity contribution < 1.29 is 19.2 Å². The summed E-state index contributed by atoms with van der Waals surface area (Å²) in [6, 6.07) is 9.82. The van der Waals surface area contributed by atoms with Crippen LogP contribution in [-0.2, 0) is 19.2 Å². The molecule has 24 heavy (non-hydrogen) atoms. The number of carbonyl (C=O) groups excluding carboxylic acids is 2. The number of aromatic nitrogens is 1. The molecular weight excluding hydrogens is 308 g/mol. The number of para-hydroxylation sites is 1. The van der Waals surface area contributed by atoms with Crippen LogP contribution in [0.25, 0.3) is 16.5 Å². The number of fused-ring (bicyclic) bond motifs is 1. The minimum absolute atomic E-state index is 0.0575. The van der Waals surface area contributed by atoms with Crippen LogP contribution in [0.1, 0.15) is 25.0 Å². The van der Waals surface area contributed by atoms with Crippen LogP contribution in [0, 0.1) is 0 Å². The van der Waals surface area contributed by atoms with Crippen molar-refractivity contribution in [3.63, 3.8) is 0 Å². The van der Waals surface area contributed by atoms with Gasteiger partial charge in [0.1, 0.15) is 11.2 Å². The molecule has 122 valence electrons. The van der Waals surface area contributed by atoms with E-state index in [9.17, 15) is 9.59 Å². The molecule has 6 nitrogen and oxygen atoms in total. The zero-order valence-corrected chi connectivity index (χ0v) is 13.1. The summed E-state index contributed by atoms with van der Waals surface area (Å²) in [5.74, 6) is 1.20. The standard InChI is InChI=1S/C18H16N2O4/c1-23-20-17(22)15-14(10-21)24-18(7-4-8-18)16(15)13-9-11-5-2-3-6-12(11)19-13/h2-3,5-6,9,19H,4,7-8H2,1H3,(H,20,22). The summed E-state index contributed by atoms with van der Waals surface area (Å²) >= 11 is 0. The average Bonchev–Trinajstić information content (AvgIpc) is 3.12. The van der Waals surface area contributed by atoms with Crippen molar-refractivity contribution in [2.45, 2.75) is 24.9 Å². The smallest absolute Gasteiger partial charge is 0.279 e. The topological polar surface area (TPSA) is 80.4 Å². The lowest BCUT2D eigenvalue weighted by molar-refractivity contribution is -0.127. The molecule has 2 aromatic rings. The molecule has 1 fully saturated rings. The van der Waals surface area contributed by atoms with Crippen molar-refractivity contribution in [3.05, 3.63) is 47.4 Å². The van der Waals surface area contributed by atoms with Crippen LogP contribution in [0.15, 0.2) is 41.7 Å². The largest absolute Gasteiger partial charge is 0.471 e. The van der Waals surface area contributed by atoms with Gasteiger partial charge in [-0.25, -0.2) is 10.3 Å². The number of aromatic amines is 1. The maximum Gasteiger partial charge on any atom is 0.279 e. The molecule has 0 radical (unpaired) electrons. The van der Waals surface area contributed by atoms with E-state index in [1.165, 1.54) is 7.11 Å². The van der Waals surface area contributed by atoms with Crippen LogP contribution < -0.4 is 5.48 Å². The Balaban J connectivity index is 1.95. The molecule has 0 unspecified atom stereocenters. The summed E-state index contributed by atoms with van der Waals surface area (Å²) in [6.45, 7) is 0. The third kappa shape index (κ3) is 2.01. The second-order valence-corrected chi connectivity index (χ2v) is 6.04. The molecule has 2 heterocycles. The van der Waals surface area contributed by atoms with Crippen LogP contribution >= 0.6 is 0 Å². The molecule has 1 aromatic carbocycles. The van der Waals surface area contributed by atoms with Gasteiger partial charge in [-0.3, -0.25) is 9.63 Å². The van der Waals surface area contributed by atoms with Crippen molar-refractivity contribution >= 4 is 28.3 Å². The lowest BCUT2D eigenvalue weighted by Crippen LogP contribution is -2.38. The lowest BCUT2D eigenvalue weighted by Gasteiger charge is -2.39. The Labute approximate surface area is 138 Å². The zero-order valence-electron chi connectivity index (χ0n) is 13.1. The monoisotopic (exact) mass is 324 g/mol. The van der Waals surface area contributed by atoms with Crippen LogP contribution in [0.4, 0.5) is 0 Å². The third-order valence-corrected chi connectivity index (χ3v) is 4.71. The Morgan fingerprint density at radius 2 is 2.17 bits per heavy atom. The van der Waals surface area contributed by atoms with Gasteiger partial charge in [-0.15, -0.1) is 0 Å². The van der Waals surface area contributed by atoms with E-state index in [0.717, 1.165) is 35.9 Å². The number of hydrogen-bond acceptors (Lipinski definition) is 4. The van der Waals surface area contributed by atoms with Crippen LogP contribution in [-0.4, -0.2) is 29.5 Å². The SMILES string of the molecule is CONC(=O)C1=C(c2cc3ccccc3[nH]2)C2(CCC2)OC1=C=O. The summed E-state index contributed by atoms with van der Waals surface area (Å²) in [6.07, 6.45) is 2.49. The Bertz CT molecular complexity index is 881. The molecule has 0 bridgehead atoms. The van der Waals surface area contributed by atoms with Crippen LogP contribution in [0.2, 0.25) is 0 Å². The number of benzene rings is 1. The highest BCUT2D eigenvalue weighted by Crippen LogP contribution is 2.54. The van der Waals surface area contributed by atoms with Crippen molar-refractivity contribution in [3.8, 4) is 0 Å². The molecule has 2 aliphatic rings. The molecule has 1 amide bonds. The van der Waals surface area contributed by atoms with E-state index in [2.05, 4.69) is 10.5 Å². The molecular formula is C18H16N2O4. The number of rotatable bonds is 3.